The summed E-state index contributed by atoms with van der Waals surface area (Å²) >= 11 is 0. The second kappa shape index (κ2) is 7.94. The Morgan fingerprint density at radius 2 is 2.14 bits per heavy atom. The molecule has 1 saturated carbocycles. The minimum absolute atomic E-state index is 0.0743. The number of likely N-dealkylation sites (tertiary alicyclic amines) is 1. The minimum atomic E-state index is 0.0743. The number of methoxy groups -OCH3 is 1. The summed E-state index contributed by atoms with van der Waals surface area (Å²) in [6.45, 7) is 11.8. The van der Waals surface area contributed by atoms with Crippen LogP contribution in [0.2, 0.25) is 0 Å². The average Bonchev–Trinajstić information content (AvgIpc) is 2.47. The van der Waals surface area contributed by atoms with Gasteiger partial charge in [-0.1, -0.05) is 13.8 Å². The zero-order valence-electron chi connectivity index (χ0n) is 14.7. The maximum absolute atomic E-state index is 5.75. The highest BCUT2D eigenvalue weighted by Gasteiger charge is 2.34. The summed E-state index contributed by atoms with van der Waals surface area (Å²) in [4.78, 5) is 2.66. The van der Waals surface area contributed by atoms with Crippen molar-refractivity contribution >= 4 is 0 Å². The van der Waals surface area contributed by atoms with Gasteiger partial charge in [0.05, 0.1) is 5.60 Å². The Morgan fingerprint density at radius 3 is 2.86 bits per heavy atom. The van der Waals surface area contributed by atoms with Crippen LogP contribution in [0.15, 0.2) is 0 Å². The number of hydrogen-bond donors (Lipinski definition) is 1. The van der Waals surface area contributed by atoms with Gasteiger partial charge in [-0.25, -0.2) is 0 Å². The first kappa shape index (κ1) is 17.2. The Balaban J connectivity index is 1.90. The van der Waals surface area contributed by atoms with Gasteiger partial charge in [0.1, 0.15) is 0 Å². The molecule has 1 heterocycles. The molecule has 2 rings (SSSR count). The predicted molar refractivity (Wildman–Crippen MR) is 89.7 cm³/mol. The molecule has 4 atom stereocenters. The van der Waals surface area contributed by atoms with E-state index in [1.807, 2.05) is 7.11 Å². The van der Waals surface area contributed by atoms with Gasteiger partial charge >= 0.3 is 0 Å². The van der Waals surface area contributed by atoms with E-state index in [1.165, 1.54) is 58.2 Å². The summed E-state index contributed by atoms with van der Waals surface area (Å²) < 4.78 is 5.75. The molecule has 3 heteroatoms. The quantitative estimate of drug-likeness (QED) is 0.814. The Morgan fingerprint density at radius 1 is 1.33 bits per heavy atom. The van der Waals surface area contributed by atoms with Crippen LogP contribution in [0.1, 0.15) is 59.3 Å². The number of rotatable bonds is 6. The highest BCUT2D eigenvalue weighted by Crippen LogP contribution is 2.32. The molecule has 1 aliphatic carbocycles. The first-order valence-electron chi connectivity index (χ1n) is 9.07. The first-order chi connectivity index (χ1) is 10.1. The molecule has 0 bridgehead atoms. The molecule has 0 radical (unpaired) electrons. The van der Waals surface area contributed by atoms with Crippen molar-refractivity contribution in [2.45, 2.75) is 70.9 Å². The standard InChI is InChI=1S/C18H36N2O/c1-5-10-19-17-8-7-15(2)12-16(17)13-20-11-6-9-18(3,14-20)21-4/h15-17,19H,5-14H2,1-4H3. The molecule has 0 aromatic rings. The van der Waals surface area contributed by atoms with Crippen molar-refractivity contribution in [1.29, 1.82) is 0 Å². The molecule has 0 spiro atoms. The van der Waals surface area contributed by atoms with Crippen LogP contribution >= 0.6 is 0 Å². The van der Waals surface area contributed by atoms with Gasteiger partial charge in [0, 0.05) is 26.2 Å². The van der Waals surface area contributed by atoms with Crippen LogP contribution in [-0.2, 0) is 4.74 Å². The molecule has 3 nitrogen and oxygen atoms in total. The van der Waals surface area contributed by atoms with Crippen LogP contribution in [-0.4, -0.2) is 49.8 Å². The fourth-order valence-corrected chi connectivity index (χ4v) is 4.26. The van der Waals surface area contributed by atoms with E-state index in [4.69, 9.17) is 4.74 Å². The Kier molecular flexibility index (Phi) is 6.51. The minimum Gasteiger partial charge on any atom is -0.377 e. The summed E-state index contributed by atoms with van der Waals surface area (Å²) in [6, 6.07) is 0.733. The van der Waals surface area contributed by atoms with E-state index in [1.54, 1.807) is 0 Å². The molecule has 0 aromatic heterocycles. The number of hydrogen-bond acceptors (Lipinski definition) is 3. The number of ether oxygens (including phenoxy) is 1. The SMILES string of the molecule is CCCNC1CCC(C)CC1CN1CCCC(C)(OC)C1. The van der Waals surface area contributed by atoms with Crippen molar-refractivity contribution in [1.82, 2.24) is 10.2 Å². The van der Waals surface area contributed by atoms with E-state index in [9.17, 15) is 0 Å². The number of nitrogens with zero attached hydrogens (tertiary/aromatic N) is 1. The van der Waals surface area contributed by atoms with Crippen molar-refractivity contribution in [3.8, 4) is 0 Å². The van der Waals surface area contributed by atoms with Crippen molar-refractivity contribution in [3.05, 3.63) is 0 Å². The highest BCUT2D eigenvalue weighted by molar-refractivity contribution is 4.90. The van der Waals surface area contributed by atoms with Gasteiger partial charge < -0.3 is 15.0 Å². The summed E-state index contributed by atoms with van der Waals surface area (Å²) in [5, 5.41) is 3.81. The zero-order chi connectivity index (χ0) is 15.3. The van der Waals surface area contributed by atoms with Crippen LogP contribution in [0.5, 0.6) is 0 Å². The van der Waals surface area contributed by atoms with E-state index >= 15 is 0 Å². The van der Waals surface area contributed by atoms with Gasteiger partial charge in [-0.15, -0.1) is 0 Å². The maximum atomic E-state index is 5.75. The van der Waals surface area contributed by atoms with Gasteiger partial charge in [-0.2, -0.15) is 0 Å². The summed E-state index contributed by atoms with van der Waals surface area (Å²) in [7, 11) is 1.87. The lowest BCUT2D eigenvalue weighted by atomic mass is 9.78. The monoisotopic (exact) mass is 296 g/mol. The van der Waals surface area contributed by atoms with Crippen molar-refractivity contribution in [3.63, 3.8) is 0 Å². The van der Waals surface area contributed by atoms with Gasteiger partial charge in [0.25, 0.3) is 0 Å². The van der Waals surface area contributed by atoms with Crippen LogP contribution in [0.4, 0.5) is 0 Å². The second-order valence-electron chi connectivity index (χ2n) is 7.73. The van der Waals surface area contributed by atoms with E-state index in [-0.39, 0.29) is 5.60 Å². The summed E-state index contributed by atoms with van der Waals surface area (Å²) in [6.07, 6.45) is 7.87. The lowest BCUT2D eigenvalue weighted by Crippen LogP contribution is -2.52. The Labute approximate surface area is 131 Å². The first-order valence-corrected chi connectivity index (χ1v) is 9.07. The van der Waals surface area contributed by atoms with Crippen molar-refractivity contribution in [2.75, 3.05) is 33.3 Å². The van der Waals surface area contributed by atoms with E-state index in [0.717, 1.165) is 24.4 Å². The summed E-state index contributed by atoms with van der Waals surface area (Å²) in [5.74, 6) is 1.72. The van der Waals surface area contributed by atoms with Crippen LogP contribution in [0, 0.1) is 11.8 Å². The molecule has 1 N–H and O–H groups in total. The van der Waals surface area contributed by atoms with Crippen LogP contribution in [0.25, 0.3) is 0 Å². The smallest absolute Gasteiger partial charge is 0.0777 e. The third-order valence-corrected chi connectivity index (χ3v) is 5.62. The van der Waals surface area contributed by atoms with Crippen LogP contribution < -0.4 is 5.32 Å². The lowest BCUT2D eigenvalue weighted by molar-refractivity contribution is -0.0563. The van der Waals surface area contributed by atoms with Crippen LogP contribution in [0.3, 0.4) is 0 Å². The molecule has 2 aliphatic rings. The predicted octanol–water partition coefficient (Wildman–Crippen LogP) is 3.29. The molecule has 124 valence electrons. The molecule has 0 amide bonds. The van der Waals surface area contributed by atoms with Crippen molar-refractivity contribution in [2.24, 2.45) is 11.8 Å². The molecular formula is C18H36N2O. The Hall–Kier alpha value is -0.120. The number of nitrogens with one attached hydrogen (secondary N) is 1. The molecule has 0 aromatic carbocycles. The third-order valence-electron chi connectivity index (χ3n) is 5.62. The van der Waals surface area contributed by atoms with Crippen molar-refractivity contribution < 1.29 is 4.74 Å². The molecule has 1 aliphatic heterocycles. The van der Waals surface area contributed by atoms with E-state index < -0.39 is 0 Å². The largest absolute Gasteiger partial charge is 0.377 e. The van der Waals surface area contributed by atoms with Gasteiger partial charge in [0.15, 0.2) is 0 Å². The third kappa shape index (κ3) is 4.94. The normalized spacial score (nSPS) is 38.6. The number of piperidine rings is 1. The second-order valence-corrected chi connectivity index (χ2v) is 7.73. The molecule has 1 saturated heterocycles. The van der Waals surface area contributed by atoms with E-state index in [0.29, 0.717) is 0 Å². The topological polar surface area (TPSA) is 24.5 Å². The fraction of sp³-hybridized carbons (Fsp3) is 1.00. The van der Waals surface area contributed by atoms with Gasteiger partial charge in [-0.3, -0.25) is 0 Å². The highest BCUT2D eigenvalue weighted by atomic mass is 16.5. The molecular weight excluding hydrogens is 260 g/mol. The molecule has 4 unspecified atom stereocenters. The zero-order valence-corrected chi connectivity index (χ0v) is 14.7. The van der Waals surface area contributed by atoms with E-state index in [2.05, 4.69) is 31.0 Å². The molecule has 21 heavy (non-hydrogen) atoms. The molecule has 2 fully saturated rings. The average molecular weight is 296 g/mol. The Bertz CT molecular complexity index is 308. The lowest BCUT2D eigenvalue weighted by Gasteiger charge is -2.43. The fourth-order valence-electron chi connectivity index (χ4n) is 4.26. The van der Waals surface area contributed by atoms with Gasteiger partial charge in [0.2, 0.25) is 0 Å². The van der Waals surface area contributed by atoms with Gasteiger partial charge in [-0.05, 0) is 70.4 Å². The maximum Gasteiger partial charge on any atom is 0.0777 e. The summed E-state index contributed by atoms with van der Waals surface area (Å²) in [5.41, 5.74) is 0.0743.